The van der Waals surface area contributed by atoms with Crippen LogP contribution < -0.4 is 9.46 Å². The van der Waals surface area contributed by atoms with Crippen molar-refractivity contribution in [2.24, 2.45) is 0 Å². The molecule has 0 bridgehead atoms. The summed E-state index contributed by atoms with van der Waals surface area (Å²) in [6, 6.07) is 8.26. The zero-order chi connectivity index (χ0) is 22.1. The summed E-state index contributed by atoms with van der Waals surface area (Å²) in [7, 11) is -4.13. The number of ether oxygens (including phenoxy) is 1. The Labute approximate surface area is 175 Å². The number of nitrogens with one attached hydrogen (secondary N) is 1. The Morgan fingerprint density at radius 3 is 2.40 bits per heavy atom. The van der Waals surface area contributed by atoms with Crippen LogP contribution in [0.5, 0.6) is 5.75 Å². The van der Waals surface area contributed by atoms with Crippen molar-refractivity contribution in [3.05, 3.63) is 36.4 Å². The second-order valence-corrected chi connectivity index (χ2v) is 8.74. The number of carbonyl (C=O) groups is 2. The molecule has 0 saturated heterocycles. The predicted molar refractivity (Wildman–Crippen MR) is 112 cm³/mol. The van der Waals surface area contributed by atoms with E-state index in [0.717, 1.165) is 24.6 Å². The monoisotopic (exact) mass is 437 g/mol. The molecule has 0 spiro atoms. The number of rotatable bonds is 13. The molecule has 9 heteroatoms. The zero-order valence-electron chi connectivity index (χ0n) is 16.8. The zero-order valence-corrected chi connectivity index (χ0v) is 17.7. The SMILES string of the molecule is CCCCCCOc1ccc2cc(S(=O)(=O)N[C@H](CCC(=O)O)C(=O)O)ccc2c1. The highest BCUT2D eigenvalue weighted by molar-refractivity contribution is 7.89. The molecular formula is C21H27NO7S. The lowest BCUT2D eigenvalue weighted by Gasteiger charge is -2.14. The molecule has 0 saturated carbocycles. The third kappa shape index (κ3) is 7.00. The molecule has 2 aromatic rings. The molecule has 30 heavy (non-hydrogen) atoms. The number of fused-ring (bicyclic) bond motifs is 1. The van der Waals surface area contributed by atoms with Crippen molar-refractivity contribution in [2.75, 3.05) is 6.61 Å². The molecule has 3 N–H and O–H groups in total. The minimum absolute atomic E-state index is 0.0928. The fraction of sp³-hybridized carbons (Fsp3) is 0.429. The van der Waals surface area contributed by atoms with Crippen LogP contribution in [-0.2, 0) is 19.6 Å². The van der Waals surface area contributed by atoms with Gasteiger partial charge in [-0.1, -0.05) is 38.3 Å². The lowest BCUT2D eigenvalue weighted by atomic mass is 10.1. The maximum absolute atomic E-state index is 12.6. The van der Waals surface area contributed by atoms with Crippen molar-refractivity contribution in [1.82, 2.24) is 4.72 Å². The van der Waals surface area contributed by atoms with Crippen molar-refractivity contribution in [2.45, 2.75) is 56.4 Å². The van der Waals surface area contributed by atoms with E-state index in [1.807, 2.05) is 6.07 Å². The molecule has 0 aromatic heterocycles. The van der Waals surface area contributed by atoms with Crippen molar-refractivity contribution >= 4 is 32.7 Å². The van der Waals surface area contributed by atoms with Crippen LogP contribution in [0.15, 0.2) is 41.3 Å². The molecule has 2 rings (SSSR count). The highest BCUT2D eigenvalue weighted by atomic mass is 32.2. The molecule has 0 aliphatic rings. The van der Waals surface area contributed by atoms with Crippen LogP contribution in [0.4, 0.5) is 0 Å². The van der Waals surface area contributed by atoms with Gasteiger partial charge in [-0.3, -0.25) is 9.59 Å². The molecule has 0 aliphatic carbocycles. The number of aliphatic carboxylic acids is 2. The molecular weight excluding hydrogens is 410 g/mol. The van der Waals surface area contributed by atoms with Crippen LogP contribution in [0.1, 0.15) is 45.4 Å². The average molecular weight is 438 g/mol. The molecule has 0 heterocycles. The first-order valence-electron chi connectivity index (χ1n) is 9.86. The second-order valence-electron chi connectivity index (χ2n) is 7.02. The normalized spacial score (nSPS) is 12.6. The number of benzene rings is 2. The second kappa shape index (κ2) is 10.9. The van der Waals surface area contributed by atoms with E-state index in [2.05, 4.69) is 11.6 Å². The number of carboxylic acids is 2. The first kappa shape index (κ1) is 23.6. The average Bonchev–Trinajstić information content (AvgIpc) is 2.70. The smallest absolute Gasteiger partial charge is 0.321 e. The van der Waals surface area contributed by atoms with Crippen LogP contribution in [-0.4, -0.2) is 43.2 Å². The molecule has 8 nitrogen and oxygen atoms in total. The quantitative estimate of drug-likeness (QED) is 0.409. The van der Waals surface area contributed by atoms with Gasteiger partial charge >= 0.3 is 11.9 Å². The largest absolute Gasteiger partial charge is 0.494 e. The standard InChI is InChI=1S/C21H27NO7S/c1-2-3-4-5-12-29-17-8-6-16-14-18(9-7-15(16)13-17)30(27,28)22-19(21(25)26)10-11-20(23)24/h6-9,13-14,19,22H,2-5,10-12H2,1H3,(H,23,24)(H,25,26)/t19-/m1/s1. The third-order valence-corrected chi connectivity index (χ3v) is 6.07. The summed E-state index contributed by atoms with van der Waals surface area (Å²) in [5.74, 6) is -1.93. The minimum atomic E-state index is -4.13. The predicted octanol–water partition coefficient (Wildman–Crippen LogP) is 3.40. The fourth-order valence-electron chi connectivity index (χ4n) is 2.93. The van der Waals surface area contributed by atoms with Gasteiger partial charge in [0.2, 0.25) is 10.0 Å². The Balaban J connectivity index is 2.12. The van der Waals surface area contributed by atoms with Gasteiger partial charge in [0.1, 0.15) is 11.8 Å². The van der Waals surface area contributed by atoms with E-state index in [1.54, 1.807) is 18.2 Å². The first-order chi connectivity index (χ1) is 14.2. The first-order valence-corrected chi connectivity index (χ1v) is 11.3. The van der Waals surface area contributed by atoms with Gasteiger partial charge in [0.05, 0.1) is 11.5 Å². The number of hydrogen-bond donors (Lipinski definition) is 3. The van der Waals surface area contributed by atoms with Crippen LogP contribution in [0.25, 0.3) is 10.8 Å². The highest BCUT2D eigenvalue weighted by Gasteiger charge is 2.26. The van der Waals surface area contributed by atoms with Gasteiger partial charge in [0, 0.05) is 6.42 Å². The molecule has 0 aliphatic heterocycles. The van der Waals surface area contributed by atoms with Gasteiger partial charge in [-0.2, -0.15) is 4.72 Å². The summed E-state index contributed by atoms with van der Waals surface area (Å²) in [5, 5.41) is 19.3. The summed E-state index contributed by atoms with van der Waals surface area (Å²) in [6.45, 7) is 2.76. The Hall–Kier alpha value is -2.65. The summed E-state index contributed by atoms with van der Waals surface area (Å²) >= 11 is 0. The van der Waals surface area contributed by atoms with Crippen molar-refractivity contribution in [3.8, 4) is 5.75 Å². The molecule has 1 atom stereocenters. The summed E-state index contributed by atoms with van der Waals surface area (Å²) in [4.78, 5) is 21.9. The third-order valence-electron chi connectivity index (χ3n) is 4.60. The van der Waals surface area contributed by atoms with Gasteiger partial charge < -0.3 is 14.9 Å². The number of sulfonamides is 1. The van der Waals surface area contributed by atoms with Gasteiger partial charge in [-0.15, -0.1) is 0 Å². The maximum Gasteiger partial charge on any atom is 0.321 e. The van der Waals surface area contributed by atoms with E-state index < -0.39 is 34.4 Å². The summed E-state index contributed by atoms with van der Waals surface area (Å²) < 4.78 is 33.0. The number of carboxylic acid groups (broad SMARTS) is 2. The van der Waals surface area contributed by atoms with Crippen LogP contribution in [0.2, 0.25) is 0 Å². The summed E-state index contributed by atoms with van der Waals surface area (Å²) in [5.41, 5.74) is 0. The molecule has 164 valence electrons. The van der Waals surface area contributed by atoms with Gasteiger partial charge in [-0.05, 0) is 47.9 Å². The van der Waals surface area contributed by atoms with E-state index in [-0.39, 0.29) is 11.3 Å². The van der Waals surface area contributed by atoms with Crippen LogP contribution in [0.3, 0.4) is 0 Å². The van der Waals surface area contributed by atoms with E-state index in [4.69, 9.17) is 9.84 Å². The van der Waals surface area contributed by atoms with Gasteiger partial charge in [0.25, 0.3) is 0 Å². The minimum Gasteiger partial charge on any atom is -0.494 e. The highest BCUT2D eigenvalue weighted by Crippen LogP contribution is 2.24. The summed E-state index contributed by atoms with van der Waals surface area (Å²) in [6.07, 6.45) is 3.60. The van der Waals surface area contributed by atoms with Gasteiger partial charge in [0.15, 0.2) is 0 Å². The van der Waals surface area contributed by atoms with Crippen LogP contribution >= 0.6 is 0 Å². The molecule has 0 unspecified atom stereocenters. The number of unbranched alkanes of at least 4 members (excludes halogenated alkanes) is 3. The Morgan fingerprint density at radius 1 is 1.03 bits per heavy atom. The Morgan fingerprint density at radius 2 is 1.73 bits per heavy atom. The number of hydrogen-bond acceptors (Lipinski definition) is 5. The lowest BCUT2D eigenvalue weighted by Crippen LogP contribution is -2.41. The fourth-order valence-corrected chi connectivity index (χ4v) is 4.19. The molecule has 0 fully saturated rings. The van der Waals surface area contributed by atoms with Crippen molar-refractivity contribution in [1.29, 1.82) is 0 Å². The van der Waals surface area contributed by atoms with E-state index in [1.165, 1.54) is 18.6 Å². The van der Waals surface area contributed by atoms with Gasteiger partial charge in [-0.25, -0.2) is 8.42 Å². The Kier molecular flexibility index (Phi) is 8.61. The molecule has 0 radical (unpaired) electrons. The Bertz CT molecular complexity index is 988. The topological polar surface area (TPSA) is 130 Å². The van der Waals surface area contributed by atoms with E-state index in [0.29, 0.717) is 17.7 Å². The maximum atomic E-state index is 12.6. The van der Waals surface area contributed by atoms with Crippen molar-refractivity contribution < 1.29 is 33.0 Å². The van der Waals surface area contributed by atoms with E-state index in [9.17, 15) is 23.1 Å². The lowest BCUT2D eigenvalue weighted by molar-refractivity contribution is -0.140. The van der Waals surface area contributed by atoms with Crippen molar-refractivity contribution in [3.63, 3.8) is 0 Å². The van der Waals surface area contributed by atoms with E-state index >= 15 is 0 Å². The van der Waals surface area contributed by atoms with Crippen LogP contribution in [0, 0.1) is 0 Å². The molecule has 2 aromatic carbocycles. The molecule has 0 amide bonds.